The van der Waals surface area contributed by atoms with Crippen LogP contribution in [0.25, 0.3) is 21.7 Å². The maximum absolute atomic E-state index is 14.3. The molecule has 5 N–H and O–H groups in total. The van der Waals surface area contributed by atoms with Crippen molar-refractivity contribution in [1.29, 1.82) is 0 Å². The van der Waals surface area contributed by atoms with Crippen molar-refractivity contribution < 1.29 is 38.6 Å². The number of amides is 3. The number of β-amino-alcohol motifs (C(OH)–C–C–N with tert-alkyl or cyclic N) is 1. The second-order valence-electron chi connectivity index (χ2n) is 21.8. The highest BCUT2D eigenvalue weighted by atomic mass is 32.1. The number of nitrogens with one attached hydrogen (secondary N) is 1. The summed E-state index contributed by atoms with van der Waals surface area (Å²) in [5, 5.41) is 36.9. The highest BCUT2D eigenvalue weighted by Gasteiger charge is 2.45. The first-order valence-electron chi connectivity index (χ1n) is 27.2. The van der Waals surface area contributed by atoms with Crippen LogP contribution in [0.4, 0.5) is 17.2 Å². The number of likely N-dealkylation sites (tertiary alicyclic amines) is 3. The van der Waals surface area contributed by atoms with Crippen molar-refractivity contribution in [2.45, 2.75) is 102 Å². The summed E-state index contributed by atoms with van der Waals surface area (Å²) < 4.78 is 18.1. The molecule has 0 radical (unpaired) electrons. The summed E-state index contributed by atoms with van der Waals surface area (Å²) in [4.78, 5) is 62.0. The van der Waals surface area contributed by atoms with Gasteiger partial charge in [-0.3, -0.25) is 19.3 Å². The number of nitrogens with zero attached hydrogens (tertiary/aromatic N) is 10. The molecule has 0 aliphatic carbocycles. The van der Waals surface area contributed by atoms with Crippen molar-refractivity contribution in [3.8, 4) is 39.2 Å². The van der Waals surface area contributed by atoms with Gasteiger partial charge < -0.3 is 54.9 Å². The maximum atomic E-state index is 14.3. The number of thiazole rings is 1. The van der Waals surface area contributed by atoms with Gasteiger partial charge in [0.05, 0.1) is 52.7 Å². The van der Waals surface area contributed by atoms with Crippen LogP contribution in [0.1, 0.15) is 81.9 Å². The molecule has 78 heavy (non-hydrogen) atoms. The summed E-state index contributed by atoms with van der Waals surface area (Å²) in [5.41, 5.74) is 14.2. The molecular formula is C57H68N12O8S. The highest BCUT2D eigenvalue weighted by Crippen LogP contribution is 2.40. The summed E-state index contributed by atoms with van der Waals surface area (Å²) in [6, 6.07) is 22.1. The van der Waals surface area contributed by atoms with E-state index in [-0.39, 0.29) is 78.4 Å². The molecule has 410 valence electrons. The number of piperazine rings is 1. The molecule has 5 aliphatic heterocycles. The fraction of sp³-hybridized carbons (Fsp3) is 0.474. The van der Waals surface area contributed by atoms with Crippen LogP contribution in [0.3, 0.4) is 0 Å². The Balaban J connectivity index is 0.610. The smallest absolute Gasteiger partial charge is 0.254 e. The first-order chi connectivity index (χ1) is 37.7. The Morgan fingerprint density at radius 3 is 2.37 bits per heavy atom. The number of aryl methyl sites for hydroxylation is 1. The van der Waals surface area contributed by atoms with E-state index < -0.39 is 18.1 Å². The van der Waals surface area contributed by atoms with E-state index in [2.05, 4.69) is 45.3 Å². The molecule has 5 aliphatic rings. The standard InChI is InChI=1S/C57H68N12O8S/c1-33(2)52(57(74)68-29-42(70)24-47(68)55(72)61-34(3)36-9-11-37(12-10-36)53-35(4)60-32-78-53)49-26-51(64-77-49)75-22-21-65-19-16-38(17-20-65)56(73)67-30-43(31-67)76-50-23-39(15-18-59-50)69-40-13-14-41(69)28-66(27-40)46-25-45(62-63-54(46)58)44-7-5-6-8-48(44)71/h5-12,15,18,23,25-26,32-34,38,40-43,47,52,70-71H,13-14,16-17,19-22,24,27-31H2,1-4H3,(H2,58,63)(H,61,72)/t34-,40?,41?,42+,47-,52+/m0/s1. The van der Waals surface area contributed by atoms with Gasteiger partial charge in [-0.05, 0) is 99.1 Å². The highest BCUT2D eigenvalue weighted by molar-refractivity contribution is 7.13. The van der Waals surface area contributed by atoms with E-state index in [1.54, 1.807) is 35.7 Å². The number of piperidine rings is 1. The van der Waals surface area contributed by atoms with E-state index in [1.165, 1.54) is 4.90 Å². The van der Waals surface area contributed by atoms with Crippen LogP contribution in [-0.2, 0) is 14.4 Å². The average molecular weight is 1080 g/mol. The molecule has 11 rings (SSSR count). The summed E-state index contributed by atoms with van der Waals surface area (Å²) in [5.74, 6) is 0.189. The van der Waals surface area contributed by atoms with Gasteiger partial charge in [0.1, 0.15) is 30.4 Å². The average Bonchev–Trinajstić information content (AvgIpc) is 4.29. The van der Waals surface area contributed by atoms with E-state index in [0.717, 1.165) is 84.9 Å². The lowest BCUT2D eigenvalue weighted by atomic mass is 9.91. The third kappa shape index (κ3) is 11.0. The first-order valence-corrected chi connectivity index (χ1v) is 28.1. The summed E-state index contributed by atoms with van der Waals surface area (Å²) in [6.45, 7) is 12.8. The normalized spacial score (nSPS) is 21.7. The van der Waals surface area contributed by atoms with Gasteiger partial charge in [0.25, 0.3) is 5.88 Å². The third-order valence-corrected chi connectivity index (χ3v) is 17.2. The largest absolute Gasteiger partial charge is 0.507 e. The number of carbonyl (C=O) groups excluding carboxylic acids is 3. The quantitative estimate of drug-likeness (QED) is 0.0811. The van der Waals surface area contributed by atoms with E-state index in [4.69, 9.17) is 19.7 Å². The number of phenols is 1. The van der Waals surface area contributed by atoms with Crippen molar-refractivity contribution >= 4 is 46.3 Å². The van der Waals surface area contributed by atoms with Crippen molar-refractivity contribution in [3.63, 3.8) is 0 Å². The molecule has 0 saturated carbocycles. The number of aliphatic hydroxyl groups is 1. The molecule has 6 atom stereocenters. The number of benzene rings is 2. The van der Waals surface area contributed by atoms with Gasteiger partial charge in [-0.15, -0.1) is 21.5 Å². The number of hydrogen-bond acceptors (Lipinski definition) is 18. The summed E-state index contributed by atoms with van der Waals surface area (Å²) in [7, 11) is 0. The predicted octanol–water partition coefficient (Wildman–Crippen LogP) is 6.06. The first kappa shape index (κ1) is 52.7. The number of hydrogen-bond donors (Lipinski definition) is 4. The number of anilines is 3. The topological polar surface area (TPSA) is 242 Å². The van der Waals surface area contributed by atoms with Gasteiger partial charge in [-0.2, -0.15) is 0 Å². The molecule has 5 saturated heterocycles. The van der Waals surface area contributed by atoms with E-state index in [1.807, 2.05) is 92.7 Å². The van der Waals surface area contributed by atoms with Crippen LogP contribution in [0, 0.1) is 18.8 Å². The van der Waals surface area contributed by atoms with E-state index in [0.29, 0.717) is 55.0 Å². The van der Waals surface area contributed by atoms with Crippen LogP contribution in [-0.4, -0.2) is 157 Å². The molecule has 2 unspecified atom stereocenters. The molecule has 20 nitrogen and oxygen atoms in total. The SMILES string of the molecule is Cc1ncsc1-c1ccc([C@H](C)NC(=O)[C@@H]2C[C@@H](O)CN2C(=O)[C@@H](c2cc(OCCN3CCC(C(=O)N4CC(Oc5cc(N6C7CCC6CN(c6cc(-c8ccccc8O)nnc6N)C7)ccn5)C4)CC3)no2)C(C)C)cc1. The second-order valence-corrected chi connectivity index (χ2v) is 22.7. The van der Waals surface area contributed by atoms with Crippen molar-refractivity contribution in [1.82, 2.24) is 45.3 Å². The minimum Gasteiger partial charge on any atom is -0.507 e. The zero-order chi connectivity index (χ0) is 54.2. The molecule has 0 spiro atoms. The molecule has 9 heterocycles. The minimum absolute atomic E-state index is 0.0369. The fourth-order valence-electron chi connectivity index (χ4n) is 12.0. The van der Waals surface area contributed by atoms with Gasteiger partial charge >= 0.3 is 0 Å². The van der Waals surface area contributed by atoms with Crippen molar-refractivity contribution in [2.24, 2.45) is 11.8 Å². The molecule has 6 aromatic rings. The number of pyridine rings is 1. The Bertz CT molecular complexity index is 3090. The molecule has 2 bridgehead atoms. The Morgan fingerprint density at radius 2 is 1.65 bits per heavy atom. The number of nitrogens with two attached hydrogens (primary N) is 1. The van der Waals surface area contributed by atoms with Gasteiger partial charge in [-0.1, -0.05) is 50.2 Å². The van der Waals surface area contributed by atoms with Crippen molar-refractivity contribution in [2.75, 3.05) is 74.5 Å². The van der Waals surface area contributed by atoms with E-state index >= 15 is 0 Å². The number of para-hydroxylation sites is 1. The molecule has 5 fully saturated rings. The Kier molecular flexibility index (Phi) is 15.2. The number of nitrogen functional groups attached to an aromatic ring is 1. The number of rotatable bonds is 17. The number of aromatic nitrogens is 5. The molecule has 3 amide bonds. The Morgan fingerprint density at radius 1 is 0.897 bits per heavy atom. The van der Waals surface area contributed by atoms with Gasteiger partial charge in [0.15, 0.2) is 11.6 Å². The molecule has 2 aromatic carbocycles. The maximum Gasteiger partial charge on any atom is 0.254 e. The molecule has 4 aromatic heterocycles. The Hall–Kier alpha value is -7.36. The Labute approximate surface area is 457 Å². The predicted molar refractivity (Wildman–Crippen MR) is 294 cm³/mol. The number of aromatic hydroxyl groups is 1. The lowest BCUT2D eigenvalue weighted by Crippen LogP contribution is -2.58. The third-order valence-electron chi connectivity index (χ3n) is 16.3. The van der Waals surface area contributed by atoms with Gasteiger partial charge in [0, 0.05) is 80.2 Å². The number of aliphatic hydroxyl groups excluding tert-OH is 1. The number of carbonyl (C=O) groups is 3. The number of fused-ring (bicyclic) bond motifs is 2. The second kappa shape index (κ2) is 22.5. The lowest BCUT2D eigenvalue weighted by molar-refractivity contribution is -0.146. The zero-order valence-corrected chi connectivity index (χ0v) is 45.3. The minimum atomic E-state index is -0.846. The van der Waals surface area contributed by atoms with Crippen LogP contribution in [0.15, 0.2) is 89.0 Å². The van der Waals surface area contributed by atoms with Crippen molar-refractivity contribution in [3.05, 3.63) is 102 Å². The number of ether oxygens (including phenoxy) is 2. The summed E-state index contributed by atoms with van der Waals surface area (Å²) in [6.07, 6.45) is 4.53. The van der Waals surface area contributed by atoms with Crippen LogP contribution >= 0.6 is 11.3 Å². The van der Waals surface area contributed by atoms with Gasteiger partial charge in [0.2, 0.25) is 23.6 Å². The van der Waals surface area contributed by atoms with Crippen LogP contribution in [0.2, 0.25) is 0 Å². The van der Waals surface area contributed by atoms with Gasteiger partial charge in [-0.25, -0.2) is 9.97 Å². The van der Waals surface area contributed by atoms with E-state index in [9.17, 15) is 24.6 Å². The molecule has 21 heteroatoms. The van der Waals surface area contributed by atoms with Crippen LogP contribution in [0.5, 0.6) is 17.5 Å². The zero-order valence-electron chi connectivity index (χ0n) is 44.5. The summed E-state index contributed by atoms with van der Waals surface area (Å²) >= 11 is 1.59. The monoisotopic (exact) mass is 1080 g/mol. The molecular weight excluding hydrogens is 1010 g/mol. The number of phenolic OH excluding ortho intramolecular Hbond substituents is 1. The lowest BCUT2D eigenvalue weighted by Gasteiger charge is -2.44. The van der Waals surface area contributed by atoms with Crippen LogP contribution < -0.4 is 30.3 Å². The fourth-order valence-corrected chi connectivity index (χ4v) is 12.8.